The van der Waals surface area contributed by atoms with Crippen molar-refractivity contribution in [2.24, 2.45) is 0 Å². The van der Waals surface area contributed by atoms with Crippen LogP contribution in [0.15, 0.2) is 42.6 Å². The summed E-state index contributed by atoms with van der Waals surface area (Å²) in [5.41, 5.74) is 2.48. The number of para-hydroxylation sites is 1. The first-order chi connectivity index (χ1) is 13.7. The van der Waals surface area contributed by atoms with Crippen LogP contribution in [-0.4, -0.2) is 45.0 Å². The van der Waals surface area contributed by atoms with Crippen LogP contribution < -0.4 is 4.74 Å². The van der Waals surface area contributed by atoms with Crippen molar-refractivity contribution in [1.82, 2.24) is 19.4 Å². The van der Waals surface area contributed by atoms with Crippen molar-refractivity contribution < 1.29 is 9.53 Å². The topological polar surface area (TPSA) is 60.2 Å². The van der Waals surface area contributed by atoms with Crippen molar-refractivity contribution in [2.45, 2.75) is 39.2 Å². The minimum atomic E-state index is 0.0287. The number of hydrogen-bond acceptors (Lipinski definition) is 4. The van der Waals surface area contributed by atoms with Gasteiger partial charge in [0.05, 0.1) is 18.2 Å². The van der Waals surface area contributed by atoms with E-state index in [9.17, 15) is 4.79 Å². The summed E-state index contributed by atoms with van der Waals surface area (Å²) in [5, 5.41) is 0. The summed E-state index contributed by atoms with van der Waals surface area (Å²) in [7, 11) is 0. The number of aromatic nitrogens is 3. The van der Waals surface area contributed by atoms with Gasteiger partial charge < -0.3 is 14.2 Å². The second kappa shape index (κ2) is 8.00. The van der Waals surface area contributed by atoms with Crippen LogP contribution >= 0.6 is 0 Å². The van der Waals surface area contributed by atoms with E-state index in [1.54, 1.807) is 0 Å². The lowest BCUT2D eigenvalue weighted by Crippen LogP contribution is -2.29. The quantitative estimate of drug-likeness (QED) is 0.653. The lowest BCUT2D eigenvalue weighted by Gasteiger charge is -2.20. The van der Waals surface area contributed by atoms with Gasteiger partial charge >= 0.3 is 0 Å². The van der Waals surface area contributed by atoms with Crippen molar-refractivity contribution in [1.29, 1.82) is 0 Å². The maximum atomic E-state index is 13.1. The minimum absolute atomic E-state index is 0.0287. The number of carbonyl (C=O) groups excluding carboxylic acids is 1. The van der Waals surface area contributed by atoms with Crippen LogP contribution in [0.3, 0.4) is 0 Å². The highest BCUT2D eigenvalue weighted by Gasteiger charge is 2.31. The number of carbonyl (C=O) groups is 1. The highest BCUT2D eigenvalue weighted by Crippen LogP contribution is 2.30. The fourth-order valence-electron chi connectivity index (χ4n) is 3.99. The zero-order valence-electron chi connectivity index (χ0n) is 16.5. The Bertz CT molecular complexity index is 982. The van der Waals surface area contributed by atoms with Crippen molar-refractivity contribution in [3.63, 3.8) is 0 Å². The Morgan fingerprint density at radius 1 is 1.21 bits per heavy atom. The van der Waals surface area contributed by atoms with Gasteiger partial charge in [-0.3, -0.25) is 4.79 Å². The molecule has 0 N–H and O–H groups in total. The number of pyridine rings is 1. The summed E-state index contributed by atoms with van der Waals surface area (Å²) in [6, 6.07) is 11.6. The van der Waals surface area contributed by atoms with E-state index in [0.717, 1.165) is 42.8 Å². The molecule has 1 amide bonds. The van der Waals surface area contributed by atoms with Gasteiger partial charge in [0.15, 0.2) is 5.65 Å². The van der Waals surface area contributed by atoms with Gasteiger partial charge in [0.2, 0.25) is 0 Å². The first-order valence-corrected chi connectivity index (χ1v) is 10.1. The average Bonchev–Trinajstić information content (AvgIpc) is 3.32. The van der Waals surface area contributed by atoms with Crippen molar-refractivity contribution >= 4 is 17.1 Å². The van der Waals surface area contributed by atoms with Gasteiger partial charge in [-0.15, -0.1) is 0 Å². The number of likely N-dealkylation sites (tertiary alicyclic amines) is 1. The van der Waals surface area contributed by atoms with Crippen LogP contribution in [0.5, 0.6) is 5.75 Å². The molecule has 6 nitrogen and oxygen atoms in total. The molecule has 28 heavy (non-hydrogen) atoms. The molecular formula is C22H26N4O2. The first-order valence-electron chi connectivity index (χ1n) is 10.1. The fraction of sp³-hybridized carbons (Fsp3) is 0.409. The molecule has 1 unspecified atom stereocenters. The maximum Gasteiger partial charge on any atom is 0.257 e. The van der Waals surface area contributed by atoms with Crippen LogP contribution in [0.2, 0.25) is 0 Å². The zero-order valence-corrected chi connectivity index (χ0v) is 16.5. The summed E-state index contributed by atoms with van der Waals surface area (Å²) in [6.45, 7) is 6.02. The van der Waals surface area contributed by atoms with Crippen LogP contribution in [0.4, 0.5) is 0 Å². The molecule has 1 atom stereocenters. The normalized spacial score (nSPS) is 16.6. The van der Waals surface area contributed by atoms with Gasteiger partial charge in [0.1, 0.15) is 17.1 Å². The first kappa shape index (κ1) is 18.5. The number of benzene rings is 1. The molecule has 0 spiro atoms. The Morgan fingerprint density at radius 3 is 2.89 bits per heavy atom. The Kier molecular flexibility index (Phi) is 5.28. The predicted octanol–water partition coefficient (Wildman–Crippen LogP) is 3.87. The SMILES string of the molecule is CCCc1nc2cccnc2n1C1CCN(C(=O)c2ccccc2OCC)C1. The van der Waals surface area contributed by atoms with Gasteiger partial charge in [-0.05, 0) is 44.0 Å². The molecule has 0 saturated carbocycles. The molecule has 1 fully saturated rings. The molecule has 4 rings (SSSR count). The summed E-state index contributed by atoms with van der Waals surface area (Å²) in [6.07, 6.45) is 4.65. The highest BCUT2D eigenvalue weighted by molar-refractivity contribution is 5.97. The van der Waals surface area contributed by atoms with Gasteiger partial charge in [-0.25, -0.2) is 9.97 Å². The van der Waals surface area contributed by atoms with E-state index >= 15 is 0 Å². The second-order valence-corrected chi connectivity index (χ2v) is 7.12. The van der Waals surface area contributed by atoms with Gasteiger partial charge in [0, 0.05) is 25.7 Å². The van der Waals surface area contributed by atoms with Crippen LogP contribution in [0.1, 0.15) is 48.9 Å². The Morgan fingerprint density at radius 2 is 2.07 bits per heavy atom. The number of fused-ring (bicyclic) bond motifs is 1. The minimum Gasteiger partial charge on any atom is -0.493 e. The molecule has 2 aromatic heterocycles. The third-order valence-electron chi connectivity index (χ3n) is 5.23. The van der Waals surface area contributed by atoms with E-state index in [4.69, 9.17) is 9.72 Å². The largest absolute Gasteiger partial charge is 0.493 e. The lowest BCUT2D eigenvalue weighted by atomic mass is 10.1. The number of ether oxygens (including phenoxy) is 1. The fourth-order valence-corrected chi connectivity index (χ4v) is 3.99. The standard InChI is InChI=1S/C22H26N4O2/c1-3-8-20-24-18-10-7-13-23-21(18)26(20)16-12-14-25(15-16)22(27)17-9-5-6-11-19(17)28-4-2/h5-7,9-11,13,16H,3-4,8,12,14-15H2,1-2H3. The smallest absolute Gasteiger partial charge is 0.257 e. The number of amides is 1. The lowest BCUT2D eigenvalue weighted by molar-refractivity contribution is 0.0783. The summed E-state index contributed by atoms with van der Waals surface area (Å²) in [5.74, 6) is 1.74. The molecule has 1 aliphatic rings. The molecule has 146 valence electrons. The zero-order chi connectivity index (χ0) is 19.5. The summed E-state index contributed by atoms with van der Waals surface area (Å²) in [4.78, 5) is 24.4. The van der Waals surface area contributed by atoms with Crippen molar-refractivity contribution in [3.8, 4) is 5.75 Å². The molecule has 1 aliphatic heterocycles. The third-order valence-corrected chi connectivity index (χ3v) is 5.23. The van der Waals surface area contributed by atoms with Crippen LogP contribution in [0, 0.1) is 0 Å². The Balaban J connectivity index is 1.61. The molecule has 1 aromatic carbocycles. The number of aryl methyl sites for hydroxylation is 1. The molecular weight excluding hydrogens is 352 g/mol. The average molecular weight is 378 g/mol. The highest BCUT2D eigenvalue weighted by atomic mass is 16.5. The maximum absolute atomic E-state index is 13.1. The molecule has 3 heterocycles. The molecule has 0 bridgehead atoms. The predicted molar refractivity (Wildman–Crippen MR) is 109 cm³/mol. The van der Waals surface area contributed by atoms with E-state index in [2.05, 4.69) is 16.5 Å². The van der Waals surface area contributed by atoms with Gasteiger partial charge in [0.25, 0.3) is 5.91 Å². The molecule has 1 saturated heterocycles. The Labute approximate surface area is 165 Å². The molecule has 3 aromatic rings. The summed E-state index contributed by atoms with van der Waals surface area (Å²) >= 11 is 0. The Hall–Kier alpha value is -2.89. The number of hydrogen-bond donors (Lipinski definition) is 0. The van der Waals surface area contributed by atoms with E-state index < -0.39 is 0 Å². The van der Waals surface area contributed by atoms with E-state index in [1.165, 1.54) is 0 Å². The van der Waals surface area contributed by atoms with Gasteiger partial charge in [-0.1, -0.05) is 19.1 Å². The summed E-state index contributed by atoms with van der Waals surface area (Å²) < 4.78 is 7.90. The molecule has 0 aliphatic carbocycles. The van der Waals surface area contributed by atoms with Crippen LogP contribution in [0.25, 0.3) is 11.2 Å². The van der Waals surface area contributed by atoms with E-state index in [-0.39, 0.29) is 11.9 Å². The number of imidazole rings is 1. The number of nitrogens with zero attached hydrogens (tertiary/aromatic N) is 4. The number of rotatable bonds is 6. The van der Waals surface area contributed by atoms with Crippen molar-refractivity contribution in [3.05, 3.63) is 54.0 Å². The molecule has 0 radical (unpaired) electrons. The second-order valence-electron chi connectivity index (χ2n) is 7.12. The third kappa shape index (κ3) is 3.35. The van der Waals surface area contributed by atoms with E-state index in [1.807, 2.05) is 54.4 Å². The van der Waals surface area contributed by atoms with Crippen molar-refractivity contribution in [2.75, 3.05) is 19.7 Å². The molecule has 6 heteroatoms. The van der Waals surface area contributed by atoms with Gasteiger partial charge in [-0.2, -0.15) is 0 Å². The monoisotopic (exact) mass is 378 g/mol. The van der Waals surface area contributed by atoms with E-state index in [0.29, 0.717) is 24.5 Å². The van der Waals surface area contributed by atoms with Crippen LogP contribution in [-0.2, 0) is 6.42 Å².